The fraction of sp³-hybridized carbons (Fsp3) is 0.222. The van der Waals surface area contributed by atoms with Crippen molar-refractivity contribution in [3.05, 3.63) is 70.7 Å². The second-order valence-electron chi connectivity index (χ2n) is 5.41. The van der Waals surface area contributed by atoms with Crippen LogP contribution in [0.15, 0.2) is 46.9 Å². The number of nitrogens with one attached hydrogen (secondary N) is 1. The molecular weight excluding hydrogens is 265 g/mol. The normalized spacial score (nSPS) is 12.8. The van der Waals surface area contributed by atoms with Crippen molar-refractivity contribution >= 4 is 11.0 Å². The van der Waals surface area contributed by atoms with Gasteiger partial charge >= 0.3 is 0 Å². The second-order valence-corrected chi connectivity index (χ2v) is 5.41. The predicted molar refractivity (Wildman–Crippen MR) is 83.0 cm³/mol. The van der Waals surface area contributed by atoms with Gasteiger partial charge in [-0.2, -0.15) is 0 Å². The van der Waals surface area contributed by atoms with Crippen LogP contribution in [0.3, 0.4) is 0 Å². The van der Waals surface area contributed by atoms with Gasteiger partial charge in [0.2, 0.25) is 0 Å². The van der Waals surface area contributed by atoms with Crippen molar-refractivity contribution in [2.45, 2.75) is 19.9 Å². The van der Waals surface area contributed by atoms with Gasteiger partial charge in [0.1, 0.15) is 17.2 Å². The maximum Gasteiger partial charge on any atom is 0.134 e. The third kappa shape index (κ3) is 2.57. The topological polar surface area (TPSA) is 25.2 Å². The summed E-state index contributed by atoms with van der Waals surface area (Å²) in [5, 5.41) is 4.29. The lowest BCUT2D eigenvalue weighted by Crippen LogP contribution is -2.18. The lowest BCUT2D eigenvalue weighted by atomic mass is 9.99. The van der Waals surface area contributed by atoms with Gasteiger partial charge in [-0.1, -0.05) is 17.7 Å². The minimum absolute atomic E-state index is 0.159. The predicted octanol–water partition coefficient (Wildman–Crippen LogP) is 4.50. The smallest absolute Gasteiger partial charge is 0.134 e. The Morgan fingerprint density at radius 3 is 2.62 bits per heavy atom. The molecule has 21 heavy (non-hydrogen) atoms. The highest BCUT2D eigenvalue weighted by molar-refractivity contribution is 5.79. The molecule has 3 rings (SSSR count). The largest absolute Gasteiger partial charge is 0.459 e. The van der Waals surface area contributed by atoms with E-state index in [0.717, 1.165) is 27.9 Å². The molecule has 0 spiro atoms. The number of hydrogen-bond donors (Lipinski definition) is 1. The molecule has 0 saturated carbocycles. The number of fused-ring (bicyclic) bond motifs is 1. The molecule has 2 aromatic carbocycles. The van der Waals surface area contributed by atoms with E-state index in [9.17, 15) is 4.39 Å². The van der Waals surface area contributed by atoms with Gasteiger partial charge in [0.15, 0.2) is 0 Å². The molecule has 0 radical (unpaired) electrons. The molecule has 0 amide bonds. The van der Waals surface area contributed by atoms with Crippen LogP contribution < -0.4 is 5.32 Å². The molecule has 0 aliphatic rings. The molecule has 108 valence electrons. The zero-order chi connectivity index (χ0) is 15.0. The van der Waals surface area contributed by atoms with Crippen molar-refractivity contribution in [1.29, 1.82) is 0 Å². The van der Waals surface area contributed by atoms with E-state index in [1.807, 2.05) is 32.2 Å². The summed E-state index contributed by atoms with van der Waals surface area (Å²) in [5.41, 5.74) is 3.98. The first kappa shape index (κ1) is 13.8. The number of rotatable bonds is 3. The van der Waals surface area contributed by atoms with Crippen LogP contribution in [0.2, 0.25) is 0 Å². The van der Waals surface area contributed by atoms with Gasteiger partial charge < -0.3 is 9.73 Å². The van der Waals surface area contributed by atoms with Crippen LogP contribution in [0.25, 0.3) is 11.0 Å². The van der Waals surface area contributed by atoms with Gasteiger partial charge in [0, 0.05) is 5.39 Å². The first-order valence-corrected chi connectivity index (χ1v) is 7.02. The fourth-order valence-electron chi connectivity index (χ4n) is 2.70. The first-order chi connectivity index (χ1) is 10.1. The molecule has 3 heteroatoms. The maximum absolute atomic E-state index is 13.6. The van der Waals surface area contributed by atoms with Crippen LogP contribution in [0.5, 0.6) is 0 Å². The Morgan fingerprint density at radius 1 is 1.05 bits per heavy atom. The standard InChI is InChI=1S/C18H18FNO/c1-11-4-7-16-13(8-11)9-17(21-16)18(20-3)15-10-14(19)6-5-12(15)2/h4-10,18,20H,1-3H3. The minimum atomic E-state index is -0.234. The molecule has 1 N–H and O–H groups in total. The van der Waals surface area contributed by atoms with Crippen molar-refractivity contribution in [2.24, 2.45) is 0 Å². The Balaban J connectivity index is 2.11. The first-order valence-electron chi connectivity index (χ1n) is 7.02. The Bertz CT molecular complexity index is 791. The SMILES string of the molecule is CNC(c1cc2cc(C)ccc2o1)c1cc(F)ccc1C. The number of furan rings is 1. The van der Waals surface area contributed by atoms with E-state index in [1.165, 1.54) is 11.6 Å². The lowest BCUT2D eigenvalue weighted by molar-refractivity contribution is 0.488. The van der Waals surface area contributed by atoms with Crippen molar-refractivity contribution < 1.29 is 8.81 Å². The molecule has 1 atom stereocenters. The molecule has 0 fully saturated rings. The number of aryl methyl sites for hydroxylation is 2. The molecule has 1 heterocycles. The van der Waals surface area contributed by atoms with Crippen LogP contribution in [-0.2, 0) is 0 Å². The Labute approximate surface area is 123 Å². The van der Waals surface area contributed by atoms with E-state index < -0.39 is 0 Å². The minimum Gasteiger partial charge on any atom is -0.459 e. The quantitative estimate of drug-likeness (QED) is 0.765. The second kappa shape index (κ2) is 5.34. The average molecular weight is 283 g/mol. The highest BCUT2D eigenvalue weighted by Gasteiger charge is 2.19. The molecule has 1 unspecified atom stereocenters. The zero-order valence-electron chi connectivity index (χ0n) is 12.4. The number of hydrogen-bond acceptors (Lipinski definition) is 2. The Hall–Kier alpha value is -2.13. The third-order valence-corrected chi connectivity index (χ3v) is 3.82. The van der Waals surface area contributed by atoms with Gasteiger partial charge in [-0.15, -0.1) is 0 Å². The van der Waals surface area contributed by atoms with E-state index in [0.29, 0.717) is 0 Å². The van der Waals surface area contributed by atoms with Crippen molar-refractivity contribution in [1.82, 2.24) is 5.32 Å². The average Bonchev–Trinajstić information content (AvgIpc) is 2.86. The summed E-state index contributed by atoms with van der Waals surface area (Å²) >= 11 is 0. The van der Waals surface area contributed by atoms with E-state index in [4.69, 9.17) is 4.42 Å². The Morgan fingerprint density at radius 2 is 1.86 bits per heavy atom. The Kier molecular flexibility index (Phi) is 3.52. The lowest BCUT2D eigenvalue weighted by Gasteiger charge is -2.16. The molecule has 1 aromatic heterocycles. The monoisotopic (exact) mass is 283 g/mol. The molecule has 0 aliphatic carbocycles. The summed E-state index contributed by atoms with van der Waals surface area (Å²) in [7, 11) is 1.85. The van der Waals surface area contributed by atoms with Gasteiger partial charge in [0.25, 0.3) is 0 Å². The summed E-state index contributed by atoms with van der Waals surface area (Å²) in [5.74, 6) is 0.564. The summed E-state index contributed by atoms with van der Waals surface area (Å²) in [6.07, 6.45) is 0. The van der Waals surface area contributed by atoms with Crippen molar-refractivity contribution in [3.8, 4) is 0 Å². The van der Waals surface area contributed by atoms with Crippen LogP contribution in [0, 0.1) is 19.7 Å². The molecule has 2 nitrogen and oxygen atoms in total. The third-order valence-electron chi connectivity index (χ3n) is 3.82. The zero-order valence-corrected chi connectivity index (χ0v) is 12.4. The number of halogens is 1. The maximum atomic E-state index is 13.6. The molecular formula is C18H18FNO. The highest BCUT2D eigenvalue weighted by Crippen LogP contribution is 2.30. The highest BCUT2D eigenvalue weighted by atomic mass is 19.1. The van der Waals surface area contributed by atoms with E-state index in [2.05, 4.69) is 18.3 Å². The fourth-order valence-corrected chi connectivity index (χ4v) is 2.70. The van der Waals surface area contributed by atoms with Gasteiger partial charge in [-0.25, -0.2) is 4.39 Å². The van der Waals surface area contributed by atoms with Gasteiger partial charge in [0.05, 0.1) is 6.04 Å². The molecule has 0 saturated heterocycles. The molecule has 0 bridgehead atoms. The summed E-state index contributed by atoms with van der Waals surface area (Å²) in [6, 6.07) is 12.8. The van der Waals surface area contributed by atoms with Crippen LogP contribution in [-0.4, -0.2) is 7.05 Å². The van der Waals surface area contributed by atoms with Gasteiger partial charge in [-0.05, 0) is 62.4 Å². The number of benzene rings is 2. The molecule has 0 aliphatic heterocycles. The van der Waals surface area contributed by atoms with Crippen LogP contribution in [0.4, 0.5) is 4.39 Å². The van der Waals surface area contributed by atoms with E-state index in [-0.39, 0.29) is 11.9 Å². The van der Waals surface area contributed by atoms with Crippen LogP contribution >= 0.6 is 0 Å². The van der Waals surface area contributed by atoms with Gasteiger partial charge in [-0.3, -0.25) is 0 Å². The summed E-state index contributed by atoms with van der Waals surface area (Å²) in [4.78, 5) is 0. The van der Waals surface area contributed by atoms with Crippen molar-refractivity contribution in [2.75, 3.05) is 7.05 Å². The van der Waals surface area contributed by atoms with E-state index in [1.54, 1.807) is 12.1 Å². The van der Waals surface area contributed by atoms with E-state index >= 15 is 0 Å². The summed E-state index contributed by atoms with van der Waals surface area (Å²) < 4.78 is 19.5. The van der Waals surface area contributed by atoms with Crippen LogP contribution in [0.1, 0.15) is 28.5 Å². The van der Waals surface area contributed by atoms with Crippen molar-refractivity contribution in [3.63, 3.8) is 0 Å². The summed E-state index contributed by atoms with van der Waals surface area (Å²) in [6.45, 7) is 4.03. The molecule has 3 aromatic rings.